The number of ether oxygens (including phenoxy) is 1. The molecule has 0 atom stereocenters. The molecule has 1 saturated heterocycles. The maximum absolute atomic E-state index is 5.59. The zero-order valence-electron chi connectivity index (χ0n) is 15.2. The monoisotopic (exact) mass is 346 g/mol. The van der Waals surface area contributed by atoms with Crippen molar-refractivity contribution in [2.75, 3.05) is 12.4 Å². The second-order valence-electron chi connectivity index (χ2n) is 6.77. The lowest BCUT2D eigenvalue weighted by Crippen LogP contribution is -2.17. The van der Waals surface area contributed by atoms with Crippen LogP contribution in [-0.4, -0.2) is 18.3 Å². The zero-order chi connectivity index (χ0) is 16.6. The molecule has 0 spiro atoms. The topological polar surface area (TPSA) is 34.3 Å². The van der Waals surface area contributed by atoms with Crippen LogP contribution in [0.5, 0.6) is 0 Å². The van der Waals surface area contributed by atoms with Gasteiger partial charge in [-0.3, -0.25) is 0 Å². The standard InChI is InChI=1S/C19H38O3S/c1-2-3-4-5-6-7-8-9-10-11-12-13-14-15-17-20-19(16-18-23)21-22-19/h23H,2-18H2,1H3. The van der Waals surface area contributed by atoms with Gasteiger partial charge < -0.3 is 4.74 Å². The molecule has 0 unspecified atom stereocenters. The van der Waals surface area contributed by atoms with E-state index in [1.54, 1.807) is 0 Å². The van der Waals surface area contributed by atoms with Crippen molar-refractivity contribution in [3.63, 3.8) is 0 Å². The minimum atomic E-state index is -0.738. The van der Waals surface area contributed by atoms with Crippen molar-refractivity contribution in [2.45, 2.75) is 109 Å². The van der Waals surface area contributed by atoms with E-state index in [4.69, 9.17) is 14.5 Å². The summed E-state index contributed by atoms with van der Waals surface area (Å²) >= 11 is 4.17. The average molecular weight is 347 g/mol. The number of thiol groups is 1. The van der Waals surface area contributed by atoms with Crippen molar-refractivity contribution in [1.29, 1.82) is 0 Å². The number of rotatable bonds is 18. The first-order valence-corrected chi connectivity index (χ1v) is 10.6. The van der Waals surface area contributed by atoms with E-state index in [0.717, 1.165) is 18.8 Å². The Hall–Kier alpha value is 0.230. The largest absolute Gasteiger partial charge is 0.340 e. The first kappa shape index (κ1) is 21.3. The summed E-state index contributed by atoms with van der Waals surface area (Å²) in [4.78, 5) is 9.77. The van der Waals surface area contributed by atoms with Crippen molar-refractivity contribution >= 4 is 12.6 Å². The van der Waals surface area contributed by atoms with Crippen LogP contribution in [0, 0.1) is 0 Å². The van der Waals surface area contributed by atoms with Gasteiger partial charge in [-0.25, -0.2) is 0 Å². The summed E-state index contributed by atoms with van der Waals surface area (Å²) in [7, 11) is 0. The molecule has 138 valence electrons. The van der Waals surface area contributed by atoms with Gasteiger partial charge in [0.25, 0.3) is 0 Å². The highest BCUT2D eigenvalue weighted by Gasteiger charge is 2.49. The maximum Gasteiger partial charge on any atom is 0.340 e. The van der Waals surface area contributed by atoms with Gasteiger partial charge in [0, 0.05) is 6.42 Å². The molecule has 1 aliphatic rings. The van der Waals surface area contributed by atoms with Crippen LogP contribution in [0.4, 0.5) is 0 Å². The fourth-order valence-electron chi connectivity index (χ4n) is 2.91. The van der Waals surface area contributed by atoms with Crippen LogP contribution in [0.1, 0.15) is 103 Å². The molecule has 0 N–H and O–H groups in total. The van der Waals surface area contributed by atoms with Crippen molar-refractivity contribution < 1.29 is 14.5 Å². The normalized spacial score (nSPS) is 15.9. The molecule has 1 aliphatic heterocycles. The van der Waals surface area contributed by atoms with Crippen LogP contribution in [0.2, 0.25) is 0 Å². The molecule has 1 fully saturated rings. The molecule has 0 saturated carbocycles. The molecule has 0 aromatic carbocycles. The number of unbranched alkanes of at least 4 members (excludes halogenated alkanes) is 13. The number of hydrogen-bond acceptors (Lipinski definition) is 4. The molecule has 3 nitrogen and oxygen atoms in total. The first-order valence-electron chi connectivity index (χ1n) is 9.94. The molecular weight excluding hydrogens is 308 g/mol. The van der Waals surface area contributed by atoms with Crippen LogP contribution in [0.15, 0.2) is 0 Å². The summed E-state index contributed by atoms with van der Waals surface area (Å²) in [6, 6.07) is 0. The average Bonchev–Trinajstić information content (AvgIpc) is 3.31. The Morgan fingerprint density at radius 1 is 0.696 bits per heavy atom. The molecule has 1 rings (SSSR count). The predicted molar refractivity (Wildman–Crippen MR) is 99.6 cm³/mol. The minimum absolute atomic E-state index is 0.703. The summed E-state index contributed by atoms with van der Waals surface area (Å²) in [5, 5.41) is 0. The minimum Gasteiger partial charge on any atom is -0.324 e. The summed E-state index contributed by atoms with van der Waals surface area (Å²) in [6.45, 7) is 3.01. The van der Waals surface area contributed by atoms with Gasteiger partial charge in [-0.15, -0.1) is 0 Å². The smallest absolute Gasteiger partial charge is 0.324 e. The third-order valence-electron chi connectivity index (χ3n) is 4.51. The van der Waals surface area contributed by atoms with E-state index in [1.165, 1.54) is 83.5 Å². The predicted octanol–water partition coefficient (Wildman–Crippen LogP) is 6.42. The van der Waals surface area contributed by atoms with Gasteiger partial charge in [-0.2, -0.15) is 22.4 Å². The fraction of sp³-hybridized carbons (Fsp3) is 1.00. The lowest BCUT2D eigenvalue weighted by atomic mass is 10.0. The Kier molecular flexibility index (Phi) is 13.5. The molecule has 0 radical (unpaired) electrons. The molecular formula is C19H38O3S. The third kappa shape index (κ3) is 12.3. The van der Waals surface area contributed by atoms with Gasteiger partial charge in [0.1, 0.15) is 0 Å². The molecule has 0 aromatic heterocycles. The van der Waals surface area contributed by atoms with E-state index < -0.39 is 5.97 Å². The Labute approximate surface area is 149 Å². The van der Waals surface area contributed by atoms with Crippen molar-refractivity contribution in [1.82, 2.24) is 0 Å². The Bertz CT molecular complexity index is 257. The van der Waals surface area contributed by atoms with Gasteiger partial charge in [-0.05, 0) is 12.2 Å². The summed E-state index contributed by atoms with van der Waals surface area (Å²) in [6.07, 6.45) is 20.0. The van der Waals surface area contributed by atoms with Gasteiger partial charge in [0.05, 0.1) is 6.61 Å². The van der Waals surface area contributed by atoms with Crippen LogP contribution >= 0.6 is 12.6 Å². The summed E-state index contributed by atoms with van der Waals surface area (Å²) in [5.74, 6) is -0.0168. The number of hydrogen-bond donors (Lipinski definition) is 1. The Balaban J connectivity index is 1.69. The lowest BCUT2D eigenvalue weighted by molar-refractivity contribution is -0.0573. The van der Waals surface area contributed by atoms with Crippen molar-refractivity contribution in [2.24, 2.45) is 0 Å². The van der Waals surface area contributed by atoms with Crippen molar-refractivity contribution in [3.8, 4) is 0 Å². The SMILES string of the molecule is CCCCCCCCCCCCCCCCOC1(CCS)OO1. The molecule has 4 heteroatoms. The molecule has 0 bridgehead atoms. The van der Waals surface area contributed by atoms with Crippen LogP contribution in [0.25, 0.3) is 0 Å². The zero-order valence-corrected chi connectivity index (χ0v) is 16.1. The van der Waals surface area contributed by atoms with Crippen LogP contribution < -0.4 is 0 Å². The van der Waals surface area contributed by atoms with E-state index in [-0.39, 0.29) is 0 Å². The van der Waals surface area contributed by atoms with E-state index in [0.29, 0.717) is 6.42 Å². The lowest BCUT2D eigenvalue weighted by Gasteiger charge is -2.07. The van der Waals surface area contributed by atoms with E-state index >= 15 is 0 Å². The molecule has 0 aromatic rings. The fourth-order valence-corrected chi connectivity index (χ4v) is 3.19. The summed E-state index contributed by atoms with van der Waals surface area (Å²) < 4.78 is 5.59. The summed E-state index contributed by atoms with van der Waals surface area (Å²) in [5.41, 5.74) is 0. The molecule has 0 aliphatic carbocycles. The van der Waals surface area contributed by atoms with Gasteiger partial charge in [-0.1, -0.05) is 90.4 Å². The maximum atomic E-state index is 5.59. The van der Waals surface area contributed by atoms with Gasteiger partial charge in [0.15, 0.2) is 0 Å². The quantitative estimate of drug-likeness (QED) is 0.135. The van der Waals surface area contributed by atoms with Crippen molar-refractivity contribution in [3.05, 3.63) is 0 Å². The van der Waals surface area contributed by atoms with E-state index in [9.17, 15) is 0 Å². The Morgan fingerprint density at radius 2 is 1.13 bits per heavy atom. The van der Waals surface area contributed by atoms with E-state index in [1.807, 2.05) is 0 Å². The second kappa shape index (κ2) is 14.6. The van der Waals surface area contributed by atoms with E-state index in [2.05, 4.69) is 19.6 Å². The highest BCUT2D eigenvalue weighted by molar-refractivity contribution is 7.80. The van der Waals surface area contributed by atoms with Crippen LogP contribution in [-0.2, 0) is 14.5 Å². The second-order valence-corrected chi connectivity index (χ2v) is 7.22. The highest BCUT2D eigenvalue weighted by atomic mass is 32.1. The van der Waals surface area contributed by atoms with Gasteiger partial charge >= 0.3 is 5.97 Å². The first-order chi connectivity index (χ1) is 11.3. The molecule has 1 heterocycles. The Morgan fingerprint density at radius 3 is 1.52 bits per heavy atom. The van der Waals surface area contributed by atoms with Gasteiger partial charge in [0.2, 0.25) is 0 Å². The molecule has 23 heavy (non-hydrogen) atoms. The highest BCUT2D eigenvalue weighted by Crippen LogP contribution is 2.35. The van der Waals surface area contributed by atoms with Crippen LogP contribution in [0.3, 0.4) is 0 Å². The third-order valence-corrected chi connectivity index (χ3v) is 4.73. The molecule has 0 amide bonds.